The van der Waals surface area contributed by atoms with Crippen LogP contribution in [0, 0.1) is 29.6 Å². The van der Waals surface area contributed by atoms with Gasteiger partial charge < -0.3 is 10.2 Å². The number of carbonyl (C=O) groups excluding carboxylic acids is 2. The fourth-order valence-corrected chi connectivity index (χ4v) is 5.64. The third kappa shape index (κ3) is 3.17. The van der Waals surface area contributed by atoms with Crippen molar-refractivity contribution in [2.75, 3.05) is 0 Å². The molecule has 0 saturated heterocycles. The topological polar surface area (TPSA) is 49.4 Å². The van der Waals surface area contributed by atoms with Crippen molar-refractivity contribution in [2.45, 2.75) is 65.1 Å². The van der Waals surface area contributed by atoms with Crippen LogP contribution in [-0.4, -0.2) is 16.7 Å². The Hall–Kier alpha value is -1.84. The molecule has 0 aromatic heterocycles. The van der Waals surface area contributed by atoms with E-state index < -0.39 is 0 Å². The molecule has 3 fully saturated rings. The van der Waals surface area contributed by atoms with Gasteiger partial charge in [0, 0.05) is 31.5 Å². The first-order valence-electron chi connectivity index (χ1n) is 10.8. The van der Waals surface area contributed by atoms with Crippen molar-refractivity contribution in [3.8, 4) is 0 Å². The van der Waals surface area contributed by atoms with E-state index in [1.54, 1.807) is 0 Å². The predicted octanol–water partition coefficient (Wildman–Crippen LogP) is 3.63. The summed E-state index contributed by atoms with van der Waals surface area (Å²) in [6.45, 7) is 4.26. The van der Waals surface area contributed by atoms with Crippen LogP contribution < -0.4 is 5.32 Å². The number of carbonyl (C=O) groups is 2. The van der Waals surface area contributed by atoms with Gasteiger partial charge in [-0.25, -0.2) is 0 Å². The number of rotatable bonds is 5. The number of fused-ring (bicyclic) bond motifs is 2. The molecule has 4 heteroatoms. The van der Waals surface area contributed by atoms with E-state index in [0.29, 0.717) is 30.2 Å². The van der Waals surface area contributed by atoms with Crippen LogP contribution in [0.15, 0.2) is 18.2 Å². The summed E-state index contributed by atoms with van der Waals surface area (Å²) in [5.41, 5.74) is 3.67. The Labute approximate surface area is 161 Å². The van der Waals surface area contributed by atoms with Crippen LogP contribution >= 0.6 is 0 Å². The average molecular weight is 367 g/mol. The van der Waals surface area contributed by atoms with E-state index in [9.17, 15) is 9.59 Å². The highest BCUT2D eigenvalue weighted by Gasteiger charge is 2.54. The van der Waals surface area contributed by atoms with E-state index in [2.05, 4.69) is 30.4 Å². The van der Waals surface area contributed by atoms with E-state index in [1.807, 2.05) is 4.90 Å². The van der Waals surface area contributed by atoms with Gasteiger partial charge in [0.05, 0.1) is 0 Å². The Morgan fingerprint density at radius 2 is 1.85 bits per heavy atom. The molecule has 1 aliphatic heterocycles. The minimum Gasteiger partial charge on any atom is -0.352 e. The zero-order valence-corrected chi connectivity index (χ0v) is 16.2. The Kier molecular flexibility index (Phi) is 4.25. The van der Waals surface area contributed by atoms with Crippen LogP contribution in [0.4, 0.5) is 0 Å². The van der Waals surface area contributed by atoms with Crippen molar-refractivity contribution in [1.29, 1.82) is 0 Å². The molecule has 1 aromatic carbocycles. The molecule has 5 rings (SSSR count). The Balaban J connectivity index is 1.16. The maximum absolute atomic E-state index is 12.6. The first-order chi connectivity index (χ1) is 13.2. The van der Waals surface area contributed by atoms with Gasteiger partial charge in [0.1, 0.15) is 0 Å². The number of benzene rings is 1. The summed E-state index contributed by atoms with van der Waals surface area (Å²) in [7, 11) is 0. The summed E-state index contributed by atoms with van der Waals surface area (Å²) in [6.07, 6.45) is 7.26. The summed E-state index contributed by atoms with van der Waals surface area (Å²) in [5, 5.41) is 3.16. The summed E-state index contributed by atoms with van der Waals surface area (Å²) < 4.78 is 0. The van der Waals surface area contributed by atoms with Crippen molar-refractivity contribution in [3.63, 3.8) is 0 Å². The van der Waals surface area contributed by atoms with Gasteiger partial charge >= 0.3 is 0 Å². The molecular formula is C23H30N2O2. The molecule has 2 amide bonds. The Bertz CT molecular complexity index is 762. The van der Waals surface area contributed by atoms with Crippen LogP contribution in [0.3, 0.4) is 0 Å². The molecule has 4 nitrogen and oxygen atoms in total. The molecule has 0 radical (unpaired) electrons. The molecule has 3 saturated carbocycles. The molecule has 144 valence electrons. The van der Waals surface area contributed by atoms with Crippen LogP contribution in [0.1, 0.15) is 62.1 Å². The van der Waals surface area contributed by atoms with Crippen molar-refractivity contribution >= 4 is 11.8 Å². The standard InChI is InChI=1S/C23H30N2O2/c1-2-15-10-20(15)23(27)25-12-16-8-7-14(9-17(16)13-25)11-24-22(26)21-18-5-3-4-6-19(18)21/h7-9,15,18-21H,2-6,10-13H2,1H3,(H,24,26)/t15-,18?,19?,20-,21?/m1/s1. The number of amides is 2. The quantitative estimate of drug-likeness (QED) is 0.865. The fraction of sp³-hybridized carbons (Fsp3) is 0.652. The average Bonchev–Trinajstić information content (AvgIpc) is 3.58. The zero-order chi connectivity index (χ0) is 18.5. The van der Waals surface area contributed by atoms with Gasteiger partial charge in [-0.1, -0.05) is 44.4 Å². The first-order valence-corrected chi connectivity index (χ1v) is 10.8. The number of hydrogen-bond acceptors (Lipinski definition) is 2. The lowest BCUT2D eigenvalue weighted by molar-refractivity contribution is -0.133. The fourth-order valence-electron chi connectivity index (χ4n) is 5.64. The van der Waals surface area contributed by atoms with Crippen LogP contribution in [0.25, 0.3) is 0 Å². The molecule has 3 aliphatic carbocycles. The van der Waals surface area contributed by atoms with Gasteiger partial charge in [-0.15, -0.1) is 0 Å². The van der Waals surface area contributed by atoms with Gasteiger partial charge in [-0.05, 0) is 53.7 Å². The summed E-state index contributed by atoms with van der Waals surface area (Å²) in [5.74, 6) is 3.07. The molecule has 1 aromatic rings. The number of hydrogen-bond donors (Lipinski definition) is 1. The summed E-state index contributed by atoms with van der Waals surface area (Å²) in [4.78, 5) is 27.1. The van der Waals surface area contributed by atoms with E-state index in [1.165, 1.54) is 36.8 Å². The lowest BCUT2D eigenvalue weighted by Gasteiger charge is -2.15. The minimum atomic E-state index is 0.253. The lowest BCUT2D eigenvalue weighted by atomic mass is 10.0. The monoisotopic (exact) mass is 366 g/mol. The second-order valence-electron chi connectivity index (χ2n) is 9.16. The molecule has 2 unspecified atom stereocenters. The van der Waals surface area contributed by atoms with Gasteiger partial charge in [-0.2, -0.15) is 0 Å². The highest BCUT2D eigenvalue weighted by atomic mass is 16.2. The smallest absolute Gasteiger partial charge is 0.226 e. The summed E-state index contributed by atoms with van der Waals surface area (Å²) >= 11 is 0. The lowest BCUT2D eigenvalue weighted by Crippen LogP contribution is -2.27. The Morgan fingerprint density at radius 1 is 1.11 bits per heavy atom. The maximum atomic E-state index is 12.6. The van der Waals surface area contributed by atoms with Crippen molar-refractivity contribution in [3.05, 3.63) is 34.9 Å². The van der Waals surface area contributed by atoms with Crippen molar-refractivity contribution < 1.29 is 9.59 Å². The molecule has 27 heavy (non-hydrogen) atoms. The second kappa shape index (κ2) is 6.65. The first kappa shape index (κ1) is 17.3. The van der Waals surface area contributed by atoms with Gasteiger partial charge in [0.2, 0.25) is 11.8 Å². The summed E-state index contributed by atoms with van der Waals surface area (Å²) in [6, 6.07) is 6.44. The molecule has 4 atom stereocenters. The highest BCUT2D eigenvalue weighted by Crippen LogP contribution is 2.55. The van der Waals surface area contributed by atoms with Crippen LogP contribution in [0.2, 0.25) is 0 Å². The number of nitrogens with zero attached hydrogens (tertiary/aromatic N) is 1. The Morgan fingerprint density at radius 3 is 2.56 bits per heavy atom. The van der Waals surface area contributed by atoms with E-state index in [-0.39, 0.29) is 17.7 Å². The predicted molar refractivity (Wildman–Crippen MR) is 103 cm³/mol. The van der Waals surface area contributed by atoms with E-state index in [4.69, 9.17) is 0 Å². The highest BCUT2D eigenvalue weighted by molar-refractivity contribution is 5.83. The third-order valence-electron chi connectivity index (χ3n) is 7.49. The molecule has 0 bridgehead atoms. The maximum Gasteiger partial charge on any atom is 0.226 e. The molecule has 1 heterocycles. The zero-order valence-electron chi connectivity index (χ0n) is 16.2. The van der Waals surface area contributed by atoms with Crippen molar-refractivity contribution in [1.82, 2.24) is 10.2 Å². The van der Waals surface area contributed by atoms with Crippen LogP contribution in [-0.2, 0) is 29.2 Å². The third-order valence-corrected chi connectivity index (χ3v) is 7.49. The van der Waals surface area contributed by atoms with Gasteiger partial charge in [0.25, 0.3) is 0 Å². The van der Waals surface area contributed by atoms with Crippen molar-refractivity contribution in [2.24, 2.45) is 29.6 Å². The SMILES string of the molecule is CC[C@@H]1C[C@H]1C(=O)N1Cc2ccc(CNC(=O)C3C4CCCCC43)cc2C1. The minimum absolute atomic E-state index is 0.253. The van der Waals surface area contributed by atoms with Gasteiger partial charge in [0.15, 0.2) is 0 Å². The van der Waals surface area contributed by atoms with Gasteiger partial charge in [-0.3, -0.25) is 9.59 Å². The van der Waals surface area contributed by atoms with Crippen LogP contribution in [0.5, 0.6) is 0 Å². The second-order valence-corrected chi connectivity index (χ2v) is 9.16. The molecule has 4 aliphatic rings. The van der Waals surface area contributed by atoms with E-state index >= 15 is 0 Å². The normalized spacial score (nSPS) is 33.2. The number of nitrogens with one attached hydrogen (secondary N) is 1. The molecule has 0 spiro atoms. The molecular weight excluding hydrogens is 336 g/mol. The molecule has 1 N–H and O–H groups in total. The van der Waals surface area contributed by atoms with E-state index in [0.717, 1.165) is 31.5 Å². The largest absolute Gasteiger partial charge is 0.352 e.